The zero-order chi connectivity index (χ0) is 19.0. The van der Waals surface area contributed by atoms with Crippen LogP contribution in [0.2, 0.25) is 0 Å². The molecule has 1 fully saturated rings. The van der Waals surface area contributed by atoms with Crippen molar-refractivity contribution in [3.63, 3.8) is 0 Å². The van der Waals surface area contributed by atoms with Crippen LogP contribution in [0, 0.1) is 0 Å². The first-order valence-electron chi connectivity index (χ1n) is 8.41. The van der Waals surface area contributed by atoms with E-state index < -0.39 is 29.8 Å². The number of carbonyl (C=O) groups excluding carboxylic acids is 3. The molecule has 27 heavy (non-hydrogen) atoms. The van der Waals surface area contributed by atoms with Crippen molar-refractivity contribution in [3.8, 4) is 11.5 Å². The van der Waals surface area contributed by atoms with Gasteiger partial charge in [-0.3, -0.25) is 19.8 Å². The van der Waals surface area contributed by atoms with Crippen LogP contribution in [0.15, 0.2) is 48.5 Å². The van der Waals surface area contributed by atoms with Crippen molar-refractivity contribution in [3.05, 3.63) is 54.1 Å². The Balaban J connectivity index is 1.77. The number of rotatable bonds is 5. The van der Waals surface area contributed by atoms with Gasteiger partial charge < -0.3 is 15.2 Å². The summed E-state index contributed by atoms with van der Waals surface area (Å²) in [5, 5.41) is 2.33. The third-order valence-corrected chi connectivity index (χ3v) is 4.66. The number of primary amides is 1. The minimum absolute atomic E-state index is 0.103. The van der Waals surface area contributed by atoms with Gasteiger partial charge in [-0.25, -0.2) is 4.79 Å². The van der Waals surface area contributed by atoms with Crippen LogP contribution >= 0.6 is 0 Å². The highest BCUT2D eigenvalue weighted by Crippen LogP contribution is 2.39. The molecule has 138 valence electrons. The van der Waals surface area contributed by atoms with E-state index >= 15 is 0 Å². The highest BCUT2D eigenvalue weighted by Gasteiger charge is 2.45. The van der Waals surface area contributed by atoms with Crippen molar-refractivity contribution >= 4 is 23.5 Å². The number of carbonyl (C=O) groups is 3. The van der Waals surface area contributed by atoms with Gasteiger partial charge in [-0.05, 0) is 29.8 Å². The number of imide groups is 1. The van der Waals surface area contributed by atoms with Gasteiger partial charge in [-0.15, -0.1) is 0 Å². The van der Waals surface area contributed by atoms with Gasteiger partial charge in [0.25, 0.3) is 5.91 Å². The van der Waals surface area contributed by atoms with E-state index in [0.29, 0.717) is 22.7 Å². The third-order valence-electron chi connectivity index (χ3n) is 4.66. The lowest BCUT2D eigenvalue weighted by Crippen LogP contribution is -2.41. The standard InChI is InChI=1S/C19H17N3O5/c20-16(23)9-13(11-6-7-14-15(8-11)27-10-26-14)17-18(24)21-19(25)22(17)12-4-2-1-3-5-12/h1-8,13,17H,9-10H2,(H2,20,23)(H,21,24,25). The number of nitrogens with zero attached hydrogens (tertiary/aromatic N) is 1. The molecule has 2 aromatic carbocycles. The van der Waals surface area contributed by atoms with Gasteiger partial charge in [0.15, 0.2) is 11.5 Å². The van der Waals surface area contributed by atoms with E-state index in [4.69, 9.17) is 15.2 Å². The molecule has 4 amide bonds. The molecule has 8 heteroatoms. The Morgan fingerprint density at radius 3 is 2.63 bits per heavy atom. The van der Waals surface area contributed by atoms with Gasteiger partial charge >= 0.3 is 6.03 Å². The van der Waals surface area contributed by atoms with E-state index in [9.17, 15) is 14.4 Å². The SMILES string of the molecule is NC(=O)CC(c1ccc2c(c1)OCO2)C1C(=O)NC(=O)N1c1ccccc1. The van der Waals surface area contributed by atoms with Crippen molar-refractivity contribution in [1.29, 1.82) is 0 Å². The second kappa shape index (κ2) is 6.64. The molecule has 2 atom stereocenters. The van der Waals surface area contributed by atoms with Crippen LogP contribution in [0.5, 0.6) is 11.5 Å². The molecule has 0 aliphatic carbocycles. The predicted molar refractivity (Wildman–Crippen MR) is 95.4 cm³/mol. The van der Waals surface area contributed by atoms with Gasteiger partial charge in [-0.2, -0.15) is 0 Å². The minimum atomic E-state index is -0.909. The topological polar surface area (TPSA) is 111 Å². The number of hydrogen-bond donors (Lipinski definition) is 2. The lowest BCUT2D eigenvalue weighted by Gasteiger charge is -2.29. The monoisotopic (exact) mass is 367 g/mol. The fraction of sp³-hybridized carbons (Fsp3) is 0.211. The maximum atomic E-state index is 12.6. The molecule has 0 radical (unpaired) electrons. The predicted octanol–water partition coefficient (Wildman–Crippen LogP) is 1.50. The third kappa shape index (κ3) is 3.05. The molecular formula is C19H17N3O5. The fourth-order valence-electron chi connectivity index (χ4n) is 3.48. The number of para-hydroxylation sites is 1. The lowest BCUT2D eigenvalue weighted by molar-refractivity contribution is -0.121. The maximum absolute atomic E-state index is 12.6. The van der Waals surface area contributed by atoms with Crippen LogP contribution in [-0.4, -0.2) is 30.7 Å². The summed E-state index contributed by atoms with van der Waals surface area (Å²) in [6.45, 7) is 0.109. The molecule has 2 heterocycles. The molecule has 4 rings (SSSR count). The van der Waals surface area contributed by atoms with E-state index in [1.807, 2.05) is 6.07 Å². The number of nitrogens with two attached hydrogens (primary N) is 1. The Morgan fingerprint density at radius 1 is 1.15 bits per heavy atom. The normalized spacial score (nSPS) is 19.1. The highest BCUT2D eigenvalue weighted by atomic mass is 16.7. The number of nitrogens with one attached hydrogen (secondary N) is 1. The van der Waals surface area contributed by atoms with E-state index in [1.54, 1.807) is 42.5 Å². The number of hydrogen-bond acceptors (Lipinski definition) is 5. The summed E-state index contributed by atoms with van der Waals surface area (Å²) in [5.74, 6) is -0.573. The molecule has 0 spiro atoms. The van der Waals surface area contributed by atoms with Crippen molar-refractivity contribution < 1.29 is 23.9 Å². The molecule has 0 saturated carbocycles. The van der Waals surface area contributed by atoms with Crippen molar-refractivity contribution in [2.24, 2.45) is 5.73 Å². The van der Waals surface area contributed by atoms with Gasteiger partial charge in [0.1, 0.15) is 6.04 Å². The first-order chi connectivity index (χ1) is 13.0. The maximum Gasteiger partial charge on any atom is 0.329 e. The summed E-state index contributed by atoms with van der Waals surface area (Å²) in [5.41, 5.74) is 6.66. The average molecular weight is 367 g/mol. The van der Waals surface area contributed by atoms with Crippen LogP contribution in [0.25, 0.3) is 0 Å². The Hall–Kier alpha value is -3.55. The number of ether oxygens (including phenoxy) is 2. The molecule has 1 saturated heterocycles. The van der Waals surface area contributed by atoms with Crippen molar-refractivity contribution in [1.82, 2.24) is 5.32 Å². The number of amides is 4. The number of urea groups is 1. The number of anilines is 1. The van der Waals surface area contributed by atoms with Crippen LogP contribution in [0.4, 0.5) is 10.5 Å². The van der Waals surface area contributed by atoms with Crippen LogP contribution in [0.3, 0.4) is 0 Å². The first kappa shape index (κ1) is 16.9. The largest absolute Gasteiger partial charge is 0.454 e. The average Bonchev–Trinajstić information content (AvgIpc) is 3.23. The number of benzene rings is 2. The summed E-state index contributed by atoms with van der Waals surface area (Å²) in [4.78, 5) is 38.2. The van der Waals surface area contributed by atoms with E-state index in [2.05, 4.69) is 5.32 Å². The highest BCUT2D eigenvalue weighted by molar-refractivity contribution is 6.15. The zero-order valence-electron chi connectivity index (χ0n) is 14.3. The second-order valence-electron chi connectivity index (χ2n) is 6.33. The molecule has 3 N–H and O–H groups in total. The van der Waals surface area contributed by atoms with Crippen LogP contribution < -0.4 is 25.4 Å². The zero-order valence-corrected chi connectivity index (χ0v) is 14.3. The Kier molecular flexibility index (Phi) is 4.15. The van der Waals surface area contributed by atoms with E-state index in [0.717, 1.165) is 0 Å². The van der Waals surface area contributed by atoms with Crippen LogP contribution in [-0.2, 0) is 9.59 Å². The molecule has 0 bridgehead atoms. The van der Waals surface area contributed by atoms with E-state index in [1.165, 1.54) is 4.90 Å². The van der Waals surface area contributed by atoms with Gasteiger partial charge in [-0.1, -0.05) is 24.3 Å². The molecular weight excluding hydrogens is 350 g/mol. The Bertz CT molecular complexity index is 915. The second-order valence-corrected chi connectivity index (χ2v) is 6.33. The number of fused-ring (bicyclic) bond motifs is 1. The Morgan fingerprint density at radius 2 is 1.89 bits per heavy atom. The molecule has 2 aliphatic heterocycles. The Labute approximate surface area is 154 Å². The van der Waals surface area contributed by atoms with Crippen LogP contribution in [0.1, 0.15) is 17.9 Å². The molecule has 0 aromatic heterocycles. The summed E-state index contributed by atoms with van der Waals surface area (Å²) < 4.78 is 10.7. The van der Waals surface area contributed by atoms with Gasteiger partial charge in [0.2, 0.25) is 12.7 Å². The molecule has 2 unspecified atom stereocenters. The first-order valence-corrected chi connectivity index (χ1v) is 8.41. The minimum Gasteiger partial charge on any atom is -0.454 e. The summed E-state index contributed by atoms with van der Waals surface area (Å²) in [6, 6.07) is 12.5. The smallest absolute Gasteiger partial charge is 0.329 e. The summed E-state index contributed by atoms with van der Waals surface area (Å²) in [6.07, 6.45) is -0.103. The van der Waals surface area contributed by atoms with Crippen molar-refractivity contribution in [2.45, 2.75) is 18.4 Å². The van der Waals surface area contributed by atoms with E-state index in [-0.39, 0.29) is 13.2 Å². The lowest BCUT2D eigenvalue weighted by atomic mass is 9.87. The summed E-state index contributed by atoms with van der Waals surface area (Å²) in [7, 11) is 0. The molecule has 8 nitrogen and oxygen atoms in total. The van der Waals surface area contributed by atoms with Gasteiger partial charge in [0, 0.05) is 18.0 Å². The van der Waals surface area contributed by atoms with Gasteiger partial charge in [0.05, 0.1) is 0 Å². The molecule has 2 aromatic rings. The van der Waals surface area contributed by atoms with Crippen molar-refractivity contribution in [2.75, 3.05) is 11.7 Å². The summed E-state index contributed by atoms with van der Waals surface area (Å²) >= 11 is 0. The fourth-order valence-corrected chi connectivity index (χ4v) is 3.48. The quantitative estimate of drug-likeness (QED) is 0.778. The molecule has 2 aliphatic rings.